The second kappa shape index (κ2) is 6.97. The van der Waals surface area contributed by atoms with Gasteiger partial charge in [-0.15, -0.1) is 0 Å². The molecule has 2 aromatic carbocycles. The zero-order valence-corrected chi connectivity index (χ0v) is 16.0. The lowest BCUT2D eigenvalue weighted by Crippen LogP contribution is -1.99. The number of hydrogen-bond donors (Lipinski definition) is 0. The molecule has 1 unspecified atom stereocenters. The van der Waals surface area contributed by atoms with Crippen LogP contribution in [0, 0.1) is 6.92 Å². The Bertz CT molecular complexity index is 618. The van der Waals surface area contributed by atoms with Gasteiger partial charge >= 0.3 is 0 Å². The maximum atomic E-state index is 5.53. The third kappa shape index (κ3) is 3.70. The van der Waals surface area contributed by atoms with Crippen molar-refractivity contribution in [2.45, 2.75) is 31.5 Å². The standard InChI is InChI=1S/C18H20Br2O/c1-11(2)13-5-7-14(8-6-13)18(20)15-10-16(19)12(3)9-17(15)21-4/h5-11,18H,1-4H3. The molecule has 0 heterocycles. The lowest BCUT2D eigenvalue weighted by atomic mass is 9.98. The van der Waals surface area contributed by atoms with Crippen LogP contribution in [-0.2, 0) is 0 Å². The van der Waals surface area contributed by atoms with Gasteiger partial charge in [0.25, 0.3) is 0 Å². The molecule has 0 aromatic heterocycles. The lowest BCUT2D eigenvalue weighted by molar-refractivity contribution is 0.410. The van der Waals surface area contributed by atoms with E-state index in [-0.39, 0.29) is 4.83 Å². The largest absolute Gasteiger partial charge is 0.496 e. The summed E-state index contributed by atoms with van der Waals surface area (Å²) in [5.41, 5.74) is 4.89. The van der Waals surface area contributed by atoms with E-state index in [9.17, 15) is 0 Å². The molecule has 0 spiro atoms. The second-order valence-electron chi connectivity index (χ2n) is 5.53. The summed E-state index contributed by atoms with van der Waals surface area (Å²) in [7, 11) is 1.72. The fraction of sp³-hybridized carbons (Fsp3) is 0.333. The number of alkyl halides is 1. The highest BCUT2D eigenvalue weighted by atomic mass is 79.9. The highest BCUT2D eigenvalue weighted by Crippen LogP contribution is 2.39. The Morgan fingerprint density at radius 2 is 1.57 bits per heavy atom. The molecule has 2 aromatic rings. The zero-order chi connectivity index (χ0) is 15.6. The summed E-state index contributed by atoms with van der Waals surface area (Å²) in [6, 6.07) is 13.0. The van der Waals surface area contributed by atoms with Gasteiger partial charge in [0.15, 0.2) is 0 Å². The van der Waals surface area contributed by atoms with Crippen LogP contribution in [0.4, 0.5) is 0 Å². The highest BCUT2D eigenvalue weighted by Gasteiger charge is 2.17. The van der Waals surface area contributed by atoms with Gasteiger partial charge in [-0.1, -0.05) is 70.0 Å². The van der Waals surface area contributed by atoms with E-state index >= 15 is 0 Å². The molecule has 0 saturated carbocycles. The Morgan fingerprint density at radius 1 is 1.00 bits per heavy atom. The van der Waals surface area contributed by atoms with Crippen molar-refractivity contribution in [1.82, 2.24) is 0 Å². The zero-order valence-electron chi connectivity index (χ0n) is 12.8. The molecule has 0 aliphatic carbocycles. The summed E-state index contributed by atoms with van der Waals surface area (Å²) >= 11 is 7.41. The third-order valence-electron chi connectivity index (χ3n) is 3.68. The van der Waals surface area contributed by atoms with Crippen LogP contribution in [0.25, 0.3) is 0 Å². The van der Waals surface area contributed by atoms with Gasteiger partial charge in [-0.05, 0) is 41.7 Å². The van der Waals surface area contributed by atoms with Crippen molar-refractivity contribution in [1.29, 1.82) is 0 Å². The molecule has 2 rings (SSSR count). The predicted octanol–water partition coefficient (Wildman–Crippen LogP) is 6.37. The van der Waals surface area contributed by atoms with Crippen molar-refractivity contribution >= 4 is 31.9 Å². The van der Waals surface area contributed by atoms with E-state index in [2.05, 4.69) is 89.0 Å². The van der Waals surface area contributed by atoms with Crippen LogP contribution < -0.4 is 4.74 Å². The Labute approximate surface area is 144 Å². The van der Waals surface area contributed by atoms with Gasteiger partial charge in [-0.2, -0.15) is 0 Å². The van der Waals surface area contributed by atoms with Crippen LogP contribution >= 0.6 is 31.9 Å². The minimum atomic E-state index is 0.116. The van der Waals surface area contributed by atoms with Crippen molar-refractivity contribution in [3.8, 4) is 5.75 Å². The van der Waals surface area contributed by atoms with Gasteiger partial charge in [-0.3, -0.25) is 0 Å². The molecule has 3 heteroatoms. The van der Waals surface area contributed by atoms with Gasteiger partial charge in [0, 0.05) is 10.0 Å². The first-order valence-electron chi connectivity index (χ1n) is 7.02. The molecule has 0 amide bonds. The van der Waals surface area contributed by atoms with Crippen LogP contribution in [0.15, 0.2) is 40.9 Å². The number of methoxy groups -OCH3 is 1. The number of aryl methyl sites for hydroxylation is 1. The molecule has 0 N–H and O–H groups in total. The molecule has 0 fully saturated rings. The van der Waals surface area contributed by atoms with Gasteiger partial charge in [-0.25, -0.2) is 0 Å². The lowest BCUT2D eigenvalue weighted by Gasteiger charge is -2.17. The topological polar surface area (TPSA) is 9.23 Å². The van der Waals surface area contributed by atoms with E-state index in [1.165, 1.54) is 16.7 Å². The first-order valence-corrected chi connectivity index (χ1v) is 8.73. The van der Waals surface area contributed by atoms with Crippen molar-refractivity contribution in [3.05, 3.63) is 63.1 Å². The maximum Gasteiger partial charge on any atom is 0.123 e. The highest BCUT2D eigenvalue weighted by molar-refractivity contribution is 9.10. The number of benzene rings is 2. The average molecular weight is 412 g/mol. The molecule has 0 saturated heterocycles. The molecule has 1 atom stereocenters. The first-order chi connectivity index (χ1) is 9.93. The molecule has 112 valence electrons. The van der Waals surface area contributed by atoms with Crippen molar-refractivity contribution in [2.75, 3.05) is 7.11 Å². The van der Waals surface area contributed by atoms with E-state index in [1.54, 1.807) is 7.11 Å². The fourth-order valence-corrected chi connectivity index (χ4v) is 3.30. The Morgan fingerprint density at radius 3 is 2.10 bits per heavy atom. The van der Waals surface area contributed by atoms with Gasteiger partial charge in [0.1, 0.15) is 5.75 Å². The molecular weight excluding hydrogens is 392 g/mol. The van der Waals surface area contributed by atoms with Crippen LogP contribution in [-0.4, -0.2) is 7.11 Å². The van der Waals surface area contributed by atoms with Crippen molar-refractivity contribution in [3.63, 3.8) is 0 Å². The van der Waals surface area contributed by atoms with Crippen molar-refractivity contribution < 1.29 is 4.74 Å². The van der Waals surface area contributed by atoms with Crippen LogP contribution in [0.5, 0.6) is 5.75 Å². The number of halogens is 2. The van der Waals surface area contributed by atoms with E-state index in [4.69, 9.17) is 4.74 Å². The van der Waals surface area contributed by atoms with Crippen LogP contribution in [0.3, 0.4) is 0 Å². The van der Waals surface area contributed by atoms with Crippen LogP contribution in [0.2, 0.25) is 0 Å². The monoisotopic (exact) mass is 410 g/mol. The van der Waals surface area contributed by atoms with E-state index in [0.29, 0.717) is 5.92 Å². The quantitative estimate of drug-likeness (QED) is 0.530. The molecule has 0 aliphatic heterocycles. The number of rotatable bonds is 4. The fourth-order valence-electron chi connectivity index (χ4n) is 2.27. The van der Waals surface area contributed by atoms with Gasteiger partial charge in [0.2, 0.25) is 0 Å². The van der Waals surface area contributed by atoms with Gasteiger partial charge in [0.05, 0.1) is 11.9 Å². The smallest absolute Gasteiger partial charge is 0.123 e. The number of hydrogen-bond acceptors (Lipinski definition) is 1. The Kier molecular flexibility index (Phi) is 5.50. The molecule has 1 nitrogen and oxygen atoms in total. The second-order valence-corrected chi connectivity index (χ2v) is 7.30. The molecule has 0 radical (unpaired) electrons. The summed E-state index contributed by atoms with van der Waals surface area (Å²) < 4.78 is 6.63. The van der Waals surface area contributed by atoms with Gasteiger partial charge < -0.3 is 4.74 Å². The number of ether oxygens (including phenoxy) is 1. The molecular formula is C18H20Br2O. The van der Waals surface area contributed by atoms with E-state index < -0.39 is 0 Å². The molecule has 0 bridgehead atoms. The predicted molar refractivity (Wildman–Crippen MR) is 96.7 cm³/mol. The summed E-state index contributed by atoms with van der Waals surface area (Å²) in [6.45, 7) is 6.48. The summed E-state index contributed by atoms with van der Waals surface area (Å²) in [5.74, 6) is 1.46. The normalized spacial score (nSPS) is 12.5. The Balaban J connectivity index is 2.39. The first kappa shape index (κ1) is 16.6. The summed E-state index contributed by atoms with van der Waals surface area (Å²) in [4.78, 5) is 0.116. The van der Waals surface area contributed by atoms with E-state index in [1.807, 2.05) is 0 Å². The third-order valence-corrected chi connectivity index (χ3v) is 5.56. The minimum Gasteiger partial charge on any atom is -0.496 e. The SMILES string of the molecule is COc1cc(C)c(Br)cc1C(Br)c1ccc(C(C)C)cc1. The summed E-state index contributed by atoms with van der Waals surface area (Å²) in [5, 5.41) is 0. The summed E-state index contributed by atoms with van der Waals surface area (Å²) in [6.07, 6.45) is 0. The van der Waals surface area contributed by atoms with Crippen LogP contribution in [0.1, 0.15) is 46.8 Å². The Hall–Kier alpha value is -0.800. The van der Waals surface area contributed by atoms with Crippen molar-refractivity contribution in [2.24, 2.45) is 0 Å². The maximum absolute atomic E-state index is 5.53. The minimum absolute atomic E-state index is 0.116. The molecule has 0 aliphatic rings. The average Bonchev–Trinajstić information content (AvgIpc) is 2.49. The molecule has 21 heavy (non-hydrogen) atoms. The van der Waals surface area contributed by atoms with E-state index in [0.717, 1.165) is 15.8 Å².